The molecule has 0 saturated carbocycles. The van der Waals surface area contributed by atoms with Crippen LogP contribution in [0.2, 0.25) is 0 Å². The lowest BCUT2D eigenvalue weighted by molar-refractivity contribution is -0.204. The first-order chi connectivity index (χ1) is 17.0. The fraction of sp³-hybridized carbons (Fsp3) is 0.808. The normalized spacial score (nSPS) is 25.0. The molecule has 0 aromatic heterocycles. The molecule has 3 aliphatic heterocycles. The molecule has 0 radical (unpaired) electrons. The number of carbonyl (C=O) groups excluding carboxylic acids is 5. The molecule has 5 amide bonds. The minimum absolute atomic E-state index is 0.0365. The van der Waals surface area contributed by atoms with Crippen molar-refractivity contribution in [1.82, 2.24) is 21.0 Å². The second-order valence-electron chi connectivity index (χ2n) is 12.9. The van der Waals surface area contributed by atoms with Crippen LogP contribution < -0.4 is 16.0 Å². The Morgan fingerprint density at radius 2 is 1.68 bits per heavy atom. The minimum atomic E-state index is -0.938. The molecule has 208 valence electrons. The Balaban J connectivity index is 1.47. The second kappa shape index (κ2) is 10.8. The quantitative estimate of drug-likeness (QED) is 0.272. The first kappa shape index (κ1) is 29.3. The number of thioether (sulfide) groups is 1. The number of hydrogen-bond acceptors (Lipinski definition) is 7. The van der Waals surface area contributed by atoms with Crippen LogP contribution in [0.15, 0.2) is 0 Å². The lowest BCUT2D eigenvalue weighted by atomic mass is 9.71. The summed E-state index contributed by atoms with van der Waals surface area (Å²) >= 11 is 1.87. The second-order valence-corrected chi connectivity index (χ2v) is 14.2. The molecule has 3 rings (SSSR count). The Morgan fingerprint density at radius 3 is 2.30 bits per heavy atom. The molecular formula is C26H42N4O6S. The largest absolute Gasteiger partial charge is 0.355 e. The predicted molar refractivity (Wildman–Crippen MR) is 140 cm³/mol. The van der Waals surface area contributed by atoms with Crippen LogP contribution in [0, 0.1) is 22.2 Å². The van der Waals surface area contributed by atoms with Gasteiger partial charge in [0.2, 0.25) is 5.91 Å². The molecule has 3 fully saturated rings. The maximum absolute atomic E-state index is 13.2. The Morgan fingerprint density at radius 1 is 1.05 bits per heavy atom. The number of carbonyl (C=O) groups is 5. The predicted octanol–water partition coefficient (Wildman–Crippen LogP) is 2.76. The Kier molecular flexibility index (Phi) is 8.56. The summed E-state index contributed by atoms with van der Waals surface area (Å²) in [7, 11) is 0. The van der Waals surface area contributed by atoms with Crippen molar-refractivity contribution in [3.8, 4) is 0 Å². The van der Waals surface area contributed by atoms with E-state index >= 15 is 0 Å². The average molecular weight is 539 g/mol. The van der Waals surface area contributed by atoms with Gasteiger partial charge in [-0.05, 0) is 44.4 Å². The molecule has 0 spiro atoms. The Labute approximate surface area is 223 Å². The van der Waals surface area contributed by atoms with Crippen LogP contribution in [0.4, 0.5) is 4.79 Å². The lowest BCUT2D eigenvalue weighted by Crippen LogP contribution is -2.44. The Hall–Kier alpha value is -2.30. The minimum Gasteiger partial charge on any atom is -0.355 e. The monoisotopic (exact) mass is 538 g/mol. The summed E-state index contributed by atoms with van der Waals surface area (Å²) in [4.78, 5) is 66.1. The van der Waals surface area contributed by atoms with Crippen LogP contribution in [0.3, 0.4) is 0 Å². The summed E-state index contributed by atoms with van der Waals surface area (Å²) in [6, 6.07) is 0.210. The number of fused-ring (bicyclic) bond motifs is 1. The maximum atomic E-state index is 13.2. The molecule has 3 saturated heterocycles. The summed E-state index contributed by atoms with van der Waals surface area (Å²) in [5.41, 5.74) is -1.65. The van der Waals surface area contributed by atoms with Crippen molar-refractivity contribution >= 4 is 41.5 Å². The van der Waals surface area contributed by atoms with Gasteiger partial charge in [-0.3, -0.25) is 14.4 Å². The highest BCUT2D eigenvalue weighted by atomic mass is 32.2. The topological polar surface area (TPSA) is 134 Å². The average Bonchev–Trinajstić information content (AvgIpc) is 3.41. The fourth-order valence-corrected chi connectivity index (χ4v) is 7.64. The van der Waals surface area contributed by atoms with Crippen molar-refractivity contribution in [3.05, 3.63) is 0 Å². The van der Waals surface area contributed by atoms with Gasteiger partial charge in [-0.15, -0.1) is 5.06 Å². The van der Waals surface area contributed by atoms with Crippen LogP contribution in [-0.2, 0) is 24.0 Å². The zero-order valence-corrected chi connectivity index (χ0v) is 23.9. The van der Waals surface area contributed by atoms with Crippen LogP contribution in [-0.4, -0.2) is 64.4 Å². The fourth-order valence-electron chi connectivity index (χ4n) is 5.86. The number of rotatable bonds is 11. The van der Waals surface area contributed by atoms with Gasteiger partial charge in [0.15, 0.2) is 0 Å². The Bertz CT molecular complexity index is 933. The van der Waals surface area contributed by atoms with Crippen LogP contribution in [0.5, 0.6) is 0 Å². The van der Waals surface area contributed by atoms with Gasteiger partial charge in [0.05, 0.1) is 17.5 Å². The van der Waals surface area contributed by atoms with Crippen molar-refractivity contribution in [2.75, 3.05) is 12.3 Å². The SMILES string of the molecule is CC(CNC(=O)C(C)(C)CC(C)(C)C[C@@H]1SC[C@@H]2NC(=O)N[C@@H]21)CC(C)(C)C(=O)ON1C(=O)CCC1=O. The van der Waals surface area contributed by atoms with Crippen molar-refractivity contribution in [2.45, 2.75) is 97.9 Å². The van der Waals surface area contributed by atoms with Gasteiger partial charge in [0, 0.05) is 35.8 Å². The lowest BCUT2D eigenvalue weighted by Gasteiger charge is -2.36. The number of hydrogen-bond donors (Lipinski definition) is 3. The zero-order chi connectivity index (χ0) is 27.8. The molecule has 0 aromatic rings. The van der Waals surface area contributed by atoms with E-state index in [9.17, 15) is 24.0 Å². The molecular weight excluding hydrogens is 496 g/mol. The van der Waals surface area contributed by atoms with Gasteiger partial charge in [-0.2, -0.15) is 11.8 Å². The summed E-state index contributed by atoms with van der Waals surface area (Å²) in [6.07, 6.45) is 2.10. The molecule has 11 heteroatoms. The van der Waals surface area contributed by atoms with E-state index in [1.165, 1.54) is 0 Å². The first-order valence-corrected chi connectivity index (χ1v) is 14.1. The van der Waals surface area contributed by atoms with Gasteiger partial charge in [-0.25, -0.2) is 9.59 Å². The zero-order valence-electron chi connectivity index (χ0n) is 23.1. The number of hydroxylamine groups is 2. The molecule has 3 N–H and O–H groups in total. The molecule has 10 nitrogen and oxygen atoms in total. The summed E-state index contributed by atoms with van der Waals surface area (Å²) in [6.45, 7) is 14.0. The van der Waals surface area contributed by atoms with Crippen LogP contribution >= 0.6 is 11.8 Å². The van der Waals surface area contributed by atoms with E-state index in [-0.39, 0.29) is 48.2 Å². The standard InChI is InChI=1S/C26H42N4O6S/c1-15(10-25(4,5)22(34)36-30-18(31)8-9-19(30)32)12-27-21(33)26(6,7)14-24(2,3)11-17-20-16(13-37-17)28-23(35)29-20/h15-17,20H,8-14H2,1-7H3,(H,27,33)(H2,28,29,35)/t15?,16-,17-,20-/m0/s1. The molecule has 0 aliphatic carbocycles. The van der Waals surface area contributed by atoms with E-state index in [0.717, 1.165) is 12.2 Å². The third-order valence-corrected chi connectivity index (χ3v) is 8.87. The number of nitrogens with one attached hydrogen (secondary N) is 3. The van der Waals surface area contributed by atoms with Crippen LogP contribution in [0.25, 0.3) is 0 Å². The van der Waals surface area contributed by atoms with Gasteiger partial charge < -0.3 is 20.8 Å². The highest BCUT2D eigenvalue weighted by Crippen LogP contribution is 2.43. The van der Waals surface area contributed by atoms with Crippen molar-refractivity contribution in [3.63, 3.8) is 0 Å². The third-order valence-electron chi connectivity index (χ3n) is 7.43. The summed E-state index contributed by atoms with van der Waals surface area (Å²) in [5.74, 6) is -0.830. The molecule has 3 heterocycles. The van der Waals surface area contributed by atoms with Crippen LogP contribution in [0.1, 0.15) is 80.6 Å². The van der Waals surface area contributed by atoms with Crippen molar-refractivity contribution in [2.24, 2.45) is 22.2 Å². The van der Waals surface area contributed by atoms with Gasteiger partial charge in [0.25, 0.3) is 11.8 Å². The number of imide groups is 1. The molecule has 37 heavy (non-hydrogen) atoms. The summed E-state index contributed by atoms with van der Waals surface area (Å²) in [5, 5.41) is 9.94. The van der Waals surface area contributed by atoms with E-state index in [4.69, 9.17) is 4.84 Å². The molecule has 0 aromatic carbocycles. The highest BCUT2D eigenvalue weighted by molar-refractivity contribution is 8.00. The molecule has 0 bridgehead atoms. The van der Waals surface area contributed by atoms with E-state index in [0.29, 0.717) is 29.7 Å². The number of amides is 5. The van der Waals surface area contributed by atoms with Crippen molar-refractivity contribution < 1.29 is 28.8 Å². The smallest absolute Gasteiger partial charge is 0.338 e. The number of urea groups is 1. The molecule has 4 atom stereocenters. The van der Waals surface area contributed by atoms with Gasteiger partial charge in [0.1, 0.15) is 0 Å². The first-order valence-electron chi connectivity index (χ1n) is 13.1. The van der Waals surface area contributed by atoms with Gasteiger partial charge in [-0.1, -0.05) is 34.6 Å². The molecule has 3 aliphatic rings. The van der Waals surface area contributed by atoms with E-state index < -0.39 is 28.6 Å². The van der Waals surface area contributed by atoms with Crippen molar-refractivity contribution in [1.29, 1.82) is 0 Å². The van der Waals surface area contributed by atoms with E-state index in [1.807, 2.05) is 32.5 Å². The van der Waals surface area contributed by atoms with E-state index in [2.05, 4.69) is 29.8 Å². The molecule has 1 unspecified atom stereocenters. The third kappa shape index (κ3) is 7.18. The van der Waals surface area contributed by atoms with E-state index in [1.54, 1.807) is 13.8 Å². The maximum Gasteiger partial charge on any atom is 0.338 e. The summed E-state index contributed by atoms with van der Waals surface area (Å²) < 4.78 is 0. The number of nitrogens with zero attached hydrogens (tertiary/aromatic N) is 1. The van der Waals surface area contributed by atoms with Gasteiger partial charge >= 0.3 is 12.0 Å². The highest BCUT2D eigenvalue weighted by Gasteiger charge is 2.46.